The monoisotopic (exact) mass is 384 g/mol. The van der Waals surface area contributed by atoms with Crippen LogP contribution in [0.25, 0.3) is 5.52 Å². The first kappa shape index (κ1) is 17.5. The zero-order valence-corrected chi connectivity index (χ0v) is 15.1. The quantitative estimate of drug-likeness (QED) is 0.753. The van der Waals surface area contributed by atoms with Crippen molar-refractivity contribution >= 4 is 34.6 Å². The van der Waals surface area contributed by atoms with E-state index in [4.69, 9.17) is 16.3 Å². The number of nitrogens with one attached hydrogen (secondary N) is 1. The molecule has 0 unspecified atom stereocenters. The van der Waals surface area contributed by atoms with E-state index in [1.54, 1.807) is 51.9 Å². The number of carbonyl (C=O) groups is 2. The van der Waals surface area contributed by atoms with E-state index in [1.807, 2.05) is 6.07 Å². The molecule has 1 N–H and O–H groups in total. The molecule has 1 saturated heterocycles. The topological polar surface area (TPSA) is 75.9 Å². The molecule has 1 aliphatic heterocycles. The van der Waals surface area contributed by atoms with Crippen molar-refractivity contribution in [1.82, 2.24) is 14.3 Å². The first-order valence-electron chi connectivity index (χ1n) is 8.54. The van der Waals surface area contributed by atoms with Gasteiger partial charge in [-0.1, -0.05) is 23.7 Å². The Labute approximate surface area is 160 Å². The van der Waals surface area contributed by atoms with Gasteiger partial charge in [0.05, 0.1) is 18.7 Å². The molecular formula is C19H17ClN4O3. The Bertz CT molecular complexity index is 1010. The second-order valence-corrected chi connectivity index (χ2v) is 6.55. The van der Waals surface area contributed by atoms with Crippen molar-refractivity contribution in [3.63, 3.8) is 0 Å². The number of benzene rings is 1. The molecule has 138 valence electrons. The standard InChI is InChI=1S/C19H17ClN4O3/c20-13-4-3-5-14(12-13)21-18(25)17-22-16(15-6-1-2-7-24(15)17)19(26)23-8-10-27-11-9-23/h1-7,12H,8-11H2,(H,21,25). The Balaban J connectivity index is 1.69. The molecule has 1 fully saturated rings. The van der Waals surface area contributed by atoms with Gasteiger partial charge >= 0.3 is 0 Å². The van der Waals surface area contributed by atoms with Gasteiger partial charge in [-0.05, 0) is 30.3 Å². The molecule has 0 spiro atoms. The molecule has 27 heavy (non-hydrogen) atoms. The van der Waals surface area contributed by atoms with Gasteiger partial charge < -0.3 is 15.0 Å². The van der Waals surface area contributed by atoms with Crippen LogP contribution in [-0.4, -0.2) is 52.4 Å². The number of morpholine rings is 1. The zero-order valence-electron chi connectivity index (χ0n) is 14.4. The van der Waals surface area contributed by atoms with Crippen molar-refractivity contribution in [1.29, 1.82) is 0 Å². The van der Waals surface area contributed by atoms with Gasteiger partial charge in [0.1, 0.15) is 0 Å². The van der Waals surface area contributed by atoms with Crippen LogP contribution in [0.3, 0.4) is 0 Å². The number of amides is 2. The number of fused-ring (bicyclic) bond motifs is 1. The predicted molar refractivity (Wildman–Crippen MR) is 101 cm³/mol. The number of rotatable bonds is 3. The Hall–Kier alpha value is -2.90. The number of aromatic nitrogens is 2. The summed E-state index contributed by atoms with van der Waals surface area (Å²) in [6.45, 7) is 2.02. The lowest BCUT2D eigenvalue weighted by molar-refractivity contribution is 0.0300. The van der Waals surface area contributed by atoms with Crippen molar-refractivity contribution < 1.29 is 14.3 Å². The highest BCUT2D eigenvalue weighted by Crippen LogP contribution is 2.19. The van der Waals surface area contributed by atoms with E-state index in [-0.39, 0.29) is 17.4 Å². The Morgan fingerprint density at radius 1 is 1.11 bits per heavy atom. The zero-order chi connectivity index (χ0) is 18.8. The van der Waals surface area contributed by atoms with Crippen LogP contribution in [0.15, 0.2) is 48.7 Å². The lowest BCUT2D eigenvalue weighted by Gasteiger charge is -2.26. The van der Waals surface area contributed by atoms with Crippen molar-refractivity contribution in [3.8, 4) is 0 Å². The first-order valence-corrected chi connectivity index (χ1v) is 8.92. The van der Waals surface area contributed by atoms with Crippen LogP contribution in [0, 0.1) is 0 Å². The summed E-state index contributed by atoms with van der Waals surface area (Å²) in [5.41, 5.74) is 1.40. The minimum absolute atomic E-state index is 0.141. The molecule has 4 rings (SSSR count). The van der Waals surface area contributed by atoms with Crippen LogP contribution in [0.1, 0.15) is 21.1 Å². The number of halogens is 1. The van der Waals surface area contributed by atoms with Crippen LogP contribution in [0.4, 0.5) is 5.69 Å². The average molecular weight is 385 g/mol. The molecule has 8 heteroatoms. The Morgan fingerprint density at radius 3 is 2.70 bits per heavy atom. The molecule has 7 nitrogen and oxygen atoms in total. The average Bonchev–Trinajstić information content (AvgIpc) is 3.08. The minimum Gasteiger partial charge on any atom is -0.378 e. The molecule has 0 atom stereocenters. The number of ether oxygens (including phenoxy) is 1. The van der Waals surface area contributed by atoms with E-state index in [1.165, 1.54) is 0 Å². The summed E-state index contributed by atoms with van der Waals surface area (Å²) in [6.07, 6.45) is 1.71. The molecular weight excluding hydrogens is 368 g/mol. The first-order chi connectivity index (χ1) is 13.1. The highest BCUT2D eigenvalue weighted by Gasteiger charge is 2.26. The summed E-state index contributed by atoms with van der Waals surface area (Å²) < 4.78 is 6.92. The maximum absolute atomic E-state index is 12.9. The lowest BCUT2D eigenvalue weighted by atomic mass is 10.3. The van der Waals surface area contributed by atoms with Crippen LogP contribution >= 0.6 is 11.6 Å². The summed E-state index contributed by atoms with van der Waals surface area (Å²) in [4.78, 5) is 31.7. The van der Waals surface area contributed by atoms with Gasteiger partial charge in [0.25, 0.3) is 11.8 Å². The minimum atomic E-state index is -0.417. The highest BCUT2D eigenvalue weighted by molar-refractivity contribution is 6.31. The third kappa shape index (κ3) is 3.51. The van der Waals surface area contributed by atoms with Gasteiger partial charge in [0.15, 0.2) is 5.69 Å². The van der Waals surface area contributed by atoms with Crippen molar-refractivity contribution in [2.75, 3.05) is 31.6 Å². The van der Waals surface area contributed by atoms with E-state index in [0.29, 0.717) is 42.5 Å². The maximum Gasteiger partial charge on any atom is 0.292 e. The largest absolute Gasteiger partial charge is 0.378 e. The molecule has 1 aliphatic rings. The number of anilines is 1. The van der Waals surface area contributed by atoms with Crippen molar-refractivity contribution in [3.05, 3.63) is 65.2 Å². The smallest absolute Gasteiger partial charge is 0.292 e. The summed E-state index contributed by atoms with van der Waals surface area (Å²) in [6, 6.07) is 12.2. The molecule has 0 radical (unpaired) electrons. The second kappa shape index (κ2) is 7.38. The number of hydrogen-bond donors (Lipinski definition) is 1. The lowest BCUT2D eigenvalue weighted by Crippen LogP contribution is -2.40. The van der Waals surface area contributed by atoms with Gasteiger partial charge in [0.2, 0.25) is 5.82 Å². The fraction of sp³-hybridized carbons (Fsp3) is 0.211. The Morgan fingerprint density at radius 2 is 1.93 bits per heavy atom. The normalized spacial score (nSPS) is 14.3. The fourth-order valence-corrected chi connectivity index (χ4v) is 3.22. The van der Waals surface area contributed by atoms with Gasteiger partial charge in [0, 0.05) is 30.0 Å². The maximum atomic E-state index is 12.9. The highest BCUT2D eigenvalue weighted by atomic mass is 35.5. The Kier molecular flexibility index (Phi) is 4.79. The number of nitrogens with zero attached hydrogens (tertiary/aromatic N) is 3. The van der Waals surface area contributed by atoms with E-state index >= 15 is 0 Å². The fourth-order valence-electron chi connectivity index (χ4n) is 3.02. The molecule has 0 saturated carbocycles. The molecule has 3 heterocycles. The summed E-state index contributed by atoms with van der Waals surface area (Å²) in [5, 5.41) is 3.29. The molecule has 1 aromatic carbocycles. The molecule has 3 aromatic rings. The van der Waals surface area contributed by atoms with Gasteiger partial charge in [-0.15, -0.1) is 0 Å². The van der Waals surface area contributed by atoms with Crippen LogP contribution in [0.5, 0.6) is 0 Å². The predicted octanol–water partition coefficient (Wildman–Crippen LogP) is 2.71. The third-order valence-electron chi connectivity index (χ3n) is 4.33. The number of pyridine rings is 1. The van der Waals surface area contributed by atoms with Crippen LogP contribution < -0.4 is 5.32 Å². The van der Waals surface area contributed by atoms with Crippen molar-refractivity contribution in [2.45, 2.75) is 0 Å². The molecule has 0 bridgehead atoms. The van der Waals surface area contributed by atoms with Crippen LogP contribution in [-0.2, 0) is 4.74 Å². The SMILES string of the molecule is O=C(Nc1cccc(Cl)c1)c1nc(C(=O)N2CCOCC2)c2ccccn12. The van der Waals surface area contributed by atoms with E-state index in [0.717, 1.165) is 0 Å². The molecule has 2 aromatic heterocycles. The number of carbonyl (C=O) groups excluding carboxylic acids is 2. The number of hydrogen-bond acceptors (Lipinski definition) is 4. The van der Waals surface area contributed by atoms with E-state index in [9.17, 15) is 9.59 Å². The van der Waals surface area contributed by atoms with E-state index < -0.39 is 5.91 Å². The van der Waals surface area contributed by atoms with Gasteiger partial charge in [-0.2, -0.15) is 0 Å². The summed E-state index contributed by atoms with van der Waals surface area (Å²) >= 11 is 5.97. The molecule has 0 aliphatic carbocycles. The van der Waals surface area contributed by atoms with Gasteiger partial charge in [-0.3, -0.25) is 14.0 Å². The summed E-state index contributed by atoms with van der Waals surface area (Å²) in [7, 11) is 0. The van der Waals surface area contributed by atoms with Crippen molar-refractivity contribution in [2.24, 2.45) is 0 Å². The number of imidazole rings is 1. The van der Waals surface area contributed by atoms with E-state index in [2.05, 4.69) is 10.3 Å². The third-order valence-corrected chi connectivity index (χ3v) is 4.57. The second-order valence-electron chi connectivity index (χ2n) is 6.11. The van der Waals surface area contributed by atoms with Crippen LogP contribution in [0.2, 0.25) is 5.02 Å². The molecule has 2 amide bonds. The summed E-state index contributed by atoms with van der Waals surface area (Å²) in [5.74, 6) is -0.481. The van der Waals surface area contributed by atoms with Gasteiger partial charge in [-0.25, -0.2) is 4.98 Å².